The lowest BCUT2D eigenvalue weighted by molar-refractivity contribution is 0.0321. The van der Waals surface area contributed by atoms with Gasteiger partial charge in [0, 0.05) is 67.3 Å². The maximum absolute atomic E-state index is 13.6. The maximum atomic E-state index is 13.6. The molecule has 3 atom stereocenters. The average molecular weight is 657 g/mol. The van der Waals surface area contributed by atoms with Crippen LogP contribution in [0.15, 0.2) is 54.7 Å². The summed E-state index contributed by atoms with van der Waals surface area (Å²) in [5.41, 5.74) is 8.09. The zero-order valence-corrected chi connectivity index (χ0v) is 27.6. The number of nitrogens with two attached hydrogens (primary N) is 1. The molecular weight excluding hydrogens is 612 g/mol. The second kappa shape index (κ2) is 15.0. The predicted molar refractivity (Wildman–Crippen MR) is 183 cm³/mol. The number of ketones is 1. The summed E-state index contributed by atoms with van der Waals surface area (Å²) in [6.45, 7) is 6.86. The number of pyridine rings is 1. The summed E-state index contributed by atoms with van der Waals surface area (Å²) >= 11 is 0. The van der Waals surface area contributed by atoms with Gasteiger partial charge >= 0.3 is 0 Å². The van der Waals surface area contributed by atoms with Crippen molar-refractivity contribution >= 4 is 34.8 Å². The number of benzene rings is 2. The SMILES string of the molecule is COc1ccc(Nc2cc(C(=O)NC3CC4CCCN(c5ccc(C(C)=O)cn5)C4C3)ccc2C(N)=O)cc1OCCN1CCOCC1. The van der Waals surface area contributed by atoms with Crippen LogP contribution in [0.4, 0.5) is 17.2 Å². The number of ether oxygens (including phenoxy) is 3. The first kappa shape index (κ1) is 33.2. The number of morpholine rings is 1. The lowest BCUT2D eigenvalue weighted by atomic mass is 9.92. The number of primary amides is 1. The number of piperidine rings is 1. The fourth-order valence-electron chi connectivity index (χ4n) is 7.06. The van der Waals surface area contributed by atoms with Gasteiger partial charge in [-0.25, -0.2) is 4.98 Å². The Morgan fingerprint density at radius 1 is 1.00 bits per heavy atom. The summed E-state index contributed by atoms with van der Waals surface area (Å²) < 4.78 is 17.0. The Bertz CT molecular complexity index is 1630. The number of Topliss-reactive ketones (excluding diaryl/α,β-unsaturated/α-hetero) is 1. The number of methoxy groups -OCH3 is 1. The summed E-state index contributed by atoms with van der Waals surface area (Å²) in [4.78, 5) is 46.9. The van der Waals surface area contributed by atoms with E-state index in [0.29, 0.717) is 46.5 Å². The second-order valence-corrected chi connectivity index (χ2v) is 12.7. The van der Waals surface area contributed by atoms with Gasteiger partial charge < -0.3 is 35.5 Å². The van der Waals surface area contributed by atoms with E-state index in [2.05, 4.69) is 25.4 Å². The Morgan fingerprint density at radius 3 is 2.54 bits per heavy atom. The Morgan fingerprint density at radius 2 is 1.81 bits per heavy atom. The fraction of sp³-hybridized carbons (Fsp3) is 0.444. The summed E-state index contributed by atoms with van der Waals surface area (Å²) in [5.74, 6) is 1.63. The van der Waals surface area contributed by atoms with Crippen molar-refractivity contribution in [1.29, 1.82) is 0 Å². The van der Waals surface area contributed by atoms with Gasteiger partial charge in [-0.05, 0) is 81.0 Å². The molecule has 1 aromatic heterocycles. The zero-order chi connectivity index (χ0) is 33.6. The zero-order valence-electron chi connectivity index (χ0n) is 27.6. The van der Waals surface area contributed by atoms with Crippen molar-refractivity contribution in [3.8, 4) is 11.5 Å². The number of hydrogen-bond donors (Lipinski definition) is 3. The number of nitrogens with one attached hydrogen (secondary N) is 2. The third kappa shape index (κ3) is 7.71. The monoisotopic (exact) mass is 656 g/mol. The van der Waals surface area contributed by atoms with Crippen LogP contribution in [0, 0.1) is 5.92 Å². The summed E-state index contributed by atoms with van der Waals surface area (Å²) in [6, 6.07) is 14.3. The molecule has 3 aliphatic rings. The van der Waals surface area contributed by atoms with Gasteiger partial charge in [0.15, 0.2) is 17.3 Å². The van der Waals surface area contributed by atoms with Crippen molar-refractivity contribution in [3.63, 3.8) is 0 Å². The first-order valence-corrected chi connectivity index (χ1v) is 16.7. The number of anilines is 3. The molecule has 1 saturated carbocycles. The fourth-order valence-corrected chi connectivity index (χ4v) is 7.06. The van der Waals surface area contributed by atoms with Crippen LogP contribution in [0.1, 0.15) is 63.7 Å². The molecule has 48 heavy (non-hydrogen) atoms. The van der Waals surface area contributed by atoms with Crippen molar-refractivity contribution in [3.05, 3.63) is 71.4 Å². The smallest absolute Gasteiger partial charge is 0.251 e. The van der Waals surface area contributed by atoms with E-state index in [1.807, 2.05) is 24.3 Å². The maximum Gasteiger partial charge on any atom is 0.251 e. The van der Waals surface area contributed by atoms with E-state index in [9.17, 15) is 14.4 Å². The minimum Gasteiger partial charge on any atom is -0.493 e. The molecular formula is C36H44N6O6. The molecule has 2 amide bonds. The minimum atomic E-state index is -0.607. The van der Waals surface area contributed by atoms with Crippen molar-refractivity contribution in [2.24, 2.45) is 11.7 Å². The Hall–Kier alpha value is -4.68. The number of carbonyl (C=O) groups excluding carboxylic acids is 3. The van der Waals surface area contributed by atoms with Crippen LogP contribution < -0.4 is 30.7 Å². The van der Waals surface area contributed by atoms with Gasteiger partial charge in [-0.1, -0.05) is 0 Å². The molecule has 3 unspecified atom stereocenters. The number of nitrogens with zero attached hydrogens (tertiary/aromatic N) is 3. The van der Waals surface area contributed by atoms with Crippen LogP contribution in [0.25, 0.3) is 0 Å². The highest BCUT2D eigenvalue weighted by Gasteiger charge is 2.41. The van der Waals surface area contributed by atoms with E-state index in [1.54, 1.807) is 37.6 Å². The van der Waals surface area contributed by atoms with Gasteiger partial charge in [-0.2, -0.15) is 0 Å². The number of aromatic nitrogens is 1. The molecule has 0 bridgehead atoms. The van der Waals surface area contributed by atoms with Gasteiger partial charge in [-0.3, -0.25) is 19.3 Å². The van der Waals surface area contributed by atoms with Crippen molar-refractivity contribution in [2.45, 2.75) is 44.7 Å². The van der Waals surface area contributed by atoms with E-state index < -0.39 is 5.91 Å². The molecule has 2 aromatic carbocycles. The van der Waals surface area contributed by atoms with E-state index in [0.717, 1.165) is 70.9 Å². The second-order valence-electron chi connectivity index (χ2n) is 12.7. The highest BCUT2D eigenvalue weighted by atomic mass is 16.5. The van der Waals surface area contributed by atoms with Gasteiger partial charge in [0.25, 0.3) is 11.8 Å². The Labute approximate surface area is 280 Å². The Kier molecular flexibility index (Phi) is 10.4. The first-order chi connectivity index (χ1) is 23.3. The van der Waals surface area contributed by atoms with Crippen LogP contribution in [-0.2, 0) is 4.74 Å². The molecule has 4 N–H and O–H groups in total. The molecule has 6 rings (SSSR count). The molecule has 12 nitrogen and oxygen atoms in total. The summed E-state index contributed by atoms with van der Waals surface area (Å²) in [5, 5.41) is 6.51. The van der Waals surface area contributed by atoms with Gasteiger partial charge in [-0.15, -0.1) is 0 Å². The quantitative estimate of drug-likeness (QED) is 0.244. The molecule has 12 heteroatoms. The largest absolute Gasteiger partial charge is 0.493 e. The normalized spacial score (nSPS) is 20.9. The van der Waals surface area contributed by atoms with E-state index in [1.165, 1.54) is 6.92 Å². The molecule has 1 aliphatic carbocycles. The van der Waals surface area contributed by atoms with Gasteiger partial charge in [0.1, 0.15) is 12.4 Å². The van der Waals surface area contributed by atoms with Crippen molar-refractivity contribution in [1.82, 2.24) is 15.2 Å². The highest BCUT2D eigenvalue weighted by Crippen LogP contribution is 2.39. The number of amides is 2. The molecule has 3 aromatic rings. The number of hydrogen-bond acceptors (Lipinski definition) is 10. The number of carbonyl (C=O) groups is 3. The summed E-state index contributed by atoms with van der Waals surface area (Å²) in [6.07, 6.45) is 5.47. The van der Waals surface area contributed by atoms with Crippen LogP contribution >= 0.6 is 0 Å². The predicted octanol–water partition coefficient (Wildman–Crippen LogP) is 4.02. The van der Waals surface area contributed by atoms with E-state index >= 15 is 0 Å². The Balaban J connectivity index is 1.13. The highest BCUT2D eigenvalue weighted by molar-refractivity contribution is 6.02. The van der Waals surface area contributed by atoms with Gasteiger partial charge in [0.2, 0.25) is 0 Å². The minimum absolute atomic E-state index is 0.00410. The lowest BCUT2D eigenvalue weighted by Gasteiger charge is -2.38. The van der Waals surface area contributed by atoms with Crippen LogP contribution in [0.5, 0.6) is 11.5 Å². The number of fused-ring (bicyclic) bond motifs is 1. The molecule has 3 fully saturated rings. The van der Waals surface area contributed by atoms with Gasteiger partial charge in [0.05, 0.1) is 31.6 Å². The summed E-state index contributed by atoms with van der Waals surface area (Å²) in [7, 11) is 1.59. The number of rotatable bonds is 12. The van der Waals surface area contributed by atoms with Crippen molar-refractivity contribution in [2.75, 3.05) is 63.3 Å². The molecule has 2 aliphatic heterocycles. The standard InChI is InChI=1S/C36H44N6O6/c1-23(43)26-6-10-34(38-22-26)42-11-3-4-24-18-28(20-31(24)42)40-36(45)25-5-8-29(35(37)44)30(19-25)39-27-7-9-32(46-2)33(21-27)48-17-14-41-12-15-47-16-13-41/h5-10,19,21-22,24,28,31,39H,3-4,11-18,20H2,1-2H3,(H2,37,44)(H,40,45). The van der Waals surface area contributed by atoms with Crippen LogP contribution in [0.3, 0.4) is 0 Å². The molecule has 2 saturated heterocycles. The van der Waals surface area contributed by atoms with Crippen LogP contribution in [-0.4, -0.2) is 92.7 Å². The van der Waals surface area contributed by atoms with E-state index in [4.69, 9.17) is 19.9 Å². The van der Waals surface area contributed by atoms with E-state index in [-0.39, 0.29) is 29.3 Å². The molecule has 0 radical (unpaired) electrons. The van der Waals surface area contributed by atoms with Crippen molar-refractivity contribution < 1.29 is 28.6 Å². The topological polar surface area (TPSA) is 148 Å². The first-order valence-electron chi connectivity index (χ1n) is 16.7. The molecule has 0 spiro atoms. The molecule has 3 heterocycles. The molecule has 254 valence electrons. The average Bonchev–Trinajstić information content (AvgIpc) is 3.51. The third-order valence-corrected chi connectivity index (χ3v) is 9.57. The lowest BCUT2D eigenvalue weighted by Crippen LogP contribution is -2.43. The third-order valence-electron chi connectivity index (χ3n) is 9.57. The van der Waals surface area contributed by atoms with Crippen LogP contribution in [0.2, 0.25) is 0 Å².